The van der Waals surface area contributed by atoms with Gasteiger partial charge in [0.25, 0.3) is 5.91 Å². The van der Waals surface area contributed by atoms with Crippen LogP contribution in [0.2, 0.25) is 0 Å². The van der Waals surface area contributed by atoms with E-state index in [2.05, 4.69) is 10.6 Å². The minimum absolute atomic E-state index is 0.00787. The van der Waals surface area contributed by atoms with Gasteiger partial charge in [-0.3, -0.25) is 4.79 Å². The summed E-state index contributed by atoms with van der Waals surface area (Å²) < 4.78 is 0. The minimum atomic E-state index is -0.335. The van der Waals surface area contributed by atoms with Crippen molar-refractivity contribution in [1.29, 1.82) is 0 Å². The number of aryl methyl sites for hydroxylation is 2. The predicted octanol–water partition coefficient (Wildman–Crippen LogP) is 0.547. The van der Waals surface area contributed by atoms with E-state index in [-0.39, 0.29) is 17.9 Å². The van der Waals surface area contributed by atoms with Gasteiger partial charge in [0, 0.05) is 30.4 Å². The molecule has 0 spiro atoms. The van der Waals surface area contributed by atoms with E-state index in [1.54, 1.807) is 11.3 Å². The molecule has 1 saturated heterocycles. The number of carbonyl (C=O) groups excluding carboxylic acids is 1. The number of hydrogen-bond donors (Lipinski definition) is 3. The third kappa shape index (κ3) is 2.30. The smallest absolute Gasteiger partial charge is 0.261 e. The number of aliphatic hydroxyl groups excluding tert-OH is 1. The average molecular weight is 266 g/mol. The van der Waals surface area contributed by atoms with E-state index < -0.39 is 0 Å². The number of fused-ring (bicyclic) bond motifs is 1. The highest BCUT2D eigenvalue weighted by Gasteiger charge is 2.25. The van der Waals surface area contributed by atoms with Crippen LogP contribution < -0.4 is 10.6 Å². The van der Waals surface area contributed by atoms with Gasteiger partial charge in [-0.2, -0.15) is 0 Å². The summed E-state index contributed by atoms with van der Waals surface area (Å²) in [4.78, 5) is 14.2. The molecule has 0 aromatic carbocycles. The molecule has 1 aromatic rings. The number of hydrogen-bond acceptors (Lipinski definition) is 4. The Labute approximate surface area is 110 Å². The van der Waals surface area contributed by atoms with Crippen LogP contribution in [0, 0.1) is 5.92 Å². The van der Waals surface area contributed by atoms with Crippen LogP contribution in [0.4, 0.5) is 0 Å². The summed E-state index contributed by atoms with van der Waals surface area (Å²) >= 11 is 1.62. The van der Waals surface area contributed by atoms with E-state index in [9.17, 15) is 9.90 Å². The van der Waals surface area contributed by atoms with Gasteiger partial charge in [0.1, 0.15) is 0 Å². The molecular weight excluding hydrogens is 248 g/mol. The maximum atomic E-state index is 12.0. The first-order chi connectivity index (χ1) is 8.74. The van der Waals surface area contributed by atoms with Crippen LogP contribution in [0.25, 0.3) is 0 Å². The Bertz CT molecular complexity index is 436. The number of thiophene rings is 1. The van der Waals surface area contributed by atoms with Crippen molar-refractivity contribution < 1.29 is 9.90 Å². The number of β-amino-alcohol motifs (C(OH)–C–C–N with tert-alkyl or cyclic N) is 1. The highest BCUT2D eigenvalue weighted by molar-refractivity contribution is 7.14. The van der Waals surface area contributed by atoms with Crippen molar-refractivity contribution in [2.45, 2.75) is 25.4 Å². The first kappa shape index (κ1) is 12.1. The van der Waals surface area contributed by atoms with Gasteiger partial charge in [0.2, 0.25) is 0 Å². The fourth-order valence-electron chi connectivity index (χ4n) is 2.68. The van der Waals surface area contributed by atoms with Gasteiger partial charge in [0.05, 0.1) is 11.0 Å². The predicted molar refractivity (Wildman–Crippen MR) is 71.0 cm³/mol. The number of carbonyl (C=O) groups is 1. The summed E-state index contributed by atoms with van der Waals surface area (Å²) in [5, 5.41) is 15.7. The van der Waals surface area contributed by atoms with E-state index in [4.69, 9.17) is 0 Å². The van der Waals surface area contributed by atoms with Crippen molar-refractivity contribution in [1.82, 2.24) is 10.6 Å². The standard InChI is InChI=1S/C13H18N2O2S/c16-10-7-14-5-9(10)6-15-13(17)12-4-8-2-1-3-11(8)18-12/h4,9-10,14,16H,1-3,5-7H2,(H,15,17). The normalized spacial score (nSPS) is 26.3. The third-order valence-electron chi connectivity index (χ3n) is 3.80. The van der Waals surface area contributed by atoms with E-state index in [0.29, 0.717) is 13.1 Å². The molecule has 0 radical (unpaired) electrons. The molecule has 2 unspecified atom stereocenters. The largest absolute Gasteiger partial charge is 0.391 e. The Morgan fingerprint density at radius 3 is 3.11 bits per heavy atom. The quantitative estimate of drug-likeness (QED) is 0.748. The summed E-state index contributed by atoms with van der Waals surface area (Å²) in [6.45, 7) is 1.96. The fraction of sp³-hybridized carbons (Fsp3) is 0.615. The molecular formula is C13H18N2O2S. The molecule has 5 heteroatoms. The average Bonchev–Trinajstić information content (AvgIpc) is 3.00. The van der Waals surface area contributed by atoms with Crippen molar-refractivity contribution >= 4 is 17.2 Å². The molecule has 3 rings (SSSR count). The summed E-state index contributed by atoms with van der Waals surface area (Å²) in [7, 11) is 0. The maximum Gasteiger partial charge on any atom is 0.261 e. The highest BCUT2D eigenvalue weighted by Crippen LogP contribution is 2.30. The van der Waals surface area contributed by atoms with Crippen LogP contribution in [0.3, 0.4) is 0 Å². The van der Waals surface area contributed by atoms with Crippen LogP contribution in [0.15, 0.2) is 6.07 Å². The highest BCUT2D eigenvalue weighted by atomic mass is 32.1. The molecule has 1 aromatic heterocycles. The van der Waals surface area contributed by atoms with Crippen LogP contribution in [-0.4, -0.2) is 36.8 Å². The van der Waals surface area contributed by atoms with Gasteiger partial charge >= 0.3 is 0 Å². The molecule has 1 fully saturated rings. The van der Waals surface area contributed by atoms with E-state index >= 15 is 0 Å². The minimum Gasteiger partial charge on any atom is -0.391 e. The lowest BCUT2D eigenvalue weighted by Crippen LogP contribution is -2.34. The molecule has 0 bridgehead atoms. The molecule has 2 atom stereocenters. The topological polar surface area (TPSA) is 61.4 Å². The Morgan fingerprint density at radius 2 is 2.39 bits per heavy atom. The van der Waals surface area contributed by atoms with E-state index in [1.807, 2.05) is 6.07 Å². The van der Waals surface area contributed by atoms with Gasteiger partial charge in [-0.25, -0.2) is 0 Å². The van der Waals surface area contributed by atoms with E-state index in [0.717, 1.165) is 24.3 Å². The zero-order chi connectivity index (χ0) is 12.5. The number of amides is 1. The van der Waals surface area contributed by atoms with Crippen LogP contribution >= 0.6 is 11.3 Å². The molecule has 98 valence electrons. The zero-order valence-corrected chi connectivity index (χ0v) is 11.1. The molecule has 18 heavy (non-hydrogen) atoms. The summed E-state index contributed by atoms with van der Waals surface area (Å²) in [5.74, 6) is 0.147. The first-order valence-electron chi connectivity index (χ1n) is 6.52. The Morgan fingerprint density at radius 1 is 1.50 bits per heavy atom. The second-order valence-corrected chi connectivity index (χ2v) is 6.25. The number of nitrogens with one attached hydrogen (secondary N) is 2. The van der Waals surface area contributed by atoms with Gasteiger partial charge < -0.3 is 15.7 Å². The maximum absolute atomic E-state index is 12.0. The number of rotatable bonds is 3. The van der Waals surface area contributed by atoms with Crippen molar-refractivity contribution in [2.75, 3.05) is 19.6 Å². The molecule has 3 N–H and O–H groups in total. The molecule has 1 aliphatic heterocycles. The molecule has 1 aliphatic carbocycles. The molecule has 4 nitrogen and oxygen atoms in total. The van der Waals surface area contributed by atoms with Gasteiger partial charge in [0.15, 0.2) is 0 Å². The van der Waals surface area contributed by atoms with Crippen LogP contribution in [0.1, 0.15) is 26.5 Å². The van der Waals surface area contributed by atoms with Crippen LogP contribution in [-0.2, 0) is 12.8 Å². The van der Waals surface area contributed by atoms with Crippen molar-refractivity contribution in [3.8, 4) is 0 Å². The SMILES string of the molecule is O=C(NCC1CNCC1O)c1cc2c(s1)CCC2. The molecule has 1 amide bonds. The Kier molecular flexibility index (Phi) is 3.37. The summed E-state index contributed by atoms with van der Waals surface area (Å²) in [6.07, 6.45) is 3.13. The fourth-order valence-corrected chi connectivity index (χ4v) is 3.85. The van der Waals surface area contributed by atoms with Gasteiger partial charge in [-0.15, -0.1) is 11.3 Å². The second kappa shape index (κ2) is 4.99. The van der Waals surface area contributed by atoms with Crippen molar-refractivity contribution in [3.63, 3.8) is 0 Å². The second-order valence-electron chi connectivity index (χ2n) is 5.11. The molecule has 2 heterocycles. The van der Waals surface area contributed by atoms with Gasteiger partial charge in [-0.05, 0) is 30.9 Å². The summed E-state index contributed by atoms with van der Waals surface area (Å²) in [5.41, 5.74) is 1.35. The van der Waals surface area contributed by atoms with Gasteiger partial charge in [-0.1, -0.05) is 0 Å². The number of aliphatic hydroxyl groups is 1. The molecule has 0 saturated carbocycles. The first-order valence-corrected chi connectivity index (χ1v) is 7.34. The van der Waals surface area contributed by atoms with Crippen LogP contribution in [0.5, 0.6) is 0 Å². The summed E-state index contributed by atoms with van der Waals surface area (Å²) in [6, 6.07) is 2.03. The van der Waals surface area contributed by atoms with Crippen molar-refractivity contribution in [3.05, 3.63) is 21.4 Å². The van der Waals surface area contributed by atoms with E-state index in [1.165, 1.54) is 16.9 Å². The van der Waals surface area contributed by atoms with Crippen molar-refractivity contribution in [2.24, 2.45) is 5.92 Å². The Balaban J connectivity index is 1.57. The third-order valence-corrected chi connectivity index (χ3v) is 5.04. The Hall–Kier alpha value is -0.910. The lowest BCUT2D eigenvalue weighted by Gasteiger charge is -2.13. The monoisotopic (exact) mass is 266 g/mol. The lowest BCUT2D eigenvalue weighted by atomic mass is 10.1. The molecule has 2 aliphatic rings. The zero-order valence-electron chi connectivity index (χ0n) is 10.2. The lowest BCUT2D eigenvalue weighted by molar-refractivity contribution is 0.0931.